The van der Waals surface area contributed by atoms with Crippen LogP contribution in [0, 0.1) is 5.92 Å². The van der Waals surface area contributed by atoms with Crippen molar-refractivity contribution in [2.75, 3.05) is 13.2 Å². The third-order valence-corrected chi connectivity index (χ3v) is 3.39. The van der Waals surface area contributed by atoms with E-state index in [0.717, 1.165) is 19.8 Å². The van der Waals surface area contributed by atoms with E-state index in [9.17, 15) is 0 Å². The molecule has 0 aliphatic carbocycles. The maximum atomic E-state index is 5.56. The van der Waals surface area contributed by atoms with Crippen LogP contribution in [0.25, 0.3) is 0 Å². The van der Waals surface area contributed by atoms with Gasteiger partial charge in [-0.2, -0.15) is 0 Å². The Kier molecular flexibility index (Phi) is 5.91. The first kappa shape index (κ1) is 12.7. The van der Waals surface area contributed by atoms with Crippen molar-refractivity contribution in [1.29, 1.82) is 0 Å². The second kappa shape index (κ2) is 6.99. The molecular weight excluding hydrogens is 206 g/mol. The normalized spacial score (nSPS) is 13.3. The fourth-order valence-corrected chi connectivity index (χ4v) is 1.80. The molecule has 0 saturated heterocycles. The third-order valence-electron chi connectivity index (χ3n) is 2.54. The fraction of sp³-hybridized carbons (Fsp3) is 0.667. The molecule has 0 spiro atoms. The highest BCUT2D eigenvalue weighted by molar-refractivity contribution is 7.09. The Morgan fingerprint density at radius 1 is 1.40 bits per heavy atom. The molecule has 1 N–H and O–H groups in total. The Bertz CT molecular complexity index is 246. The smallest absolute Gasteiger partial charge is 0.0809 e. The van der Waals surface area contributed by atoms with E-state index in [1.165, 1.54) is 4.88 Å². The van der Waals surface area contributed by atoms with Crippen molar-refractivity contribution in [2.24, 2.45) is 5.92 Å². The molecule has 0 aliphatic rings. The molecule has 2 nitrogen and oxygen atoms in total. The van der Waals surface area contributed by atoms with Crippen molar-refractivity contribution in [3.05, 3.63) is 22.4 Å². The molecule has 0 bridgehead atoms. The maximum absolute atomic E-state index is 5.56. The minimum absolute atomic E-state index is 0.565. The number of hydrogen-bond donors (Lipinski definition) is 1. The quantitative estimate of drug-likeness (QED) is 0.723. The zero-order chi connectivity index (χ0) is 11.1. The van der Waals surface area contributed by atoms with Crippen LogP contribution in [-0.2, 0) is 11.3 Å². The lowest BCUT2D eigenvalue weighted by Crippen LogP contribution is -2.33. The predicted molar refractivity (Wildman–Crippen MR) is 66.3 cm³/mol. The number of hydrogen-bond acceptors (Lipinski definition) is 3. The van der Waals surface area contributed by atoms with Gasteiger partial charge in [0.1, 0.15) is 0 Å². The monoisotopic (exact) mass is 227 g/mol. The van der Waals surface area contributed by atoms with E-state index in [1.807, 2.05) is 0 Å². The molecule has 0 radical (unpaired) electrons. The molecule has 0 aromatic carbocycles. The summed E-state index contributed by atoms with van der Waals surface area (Å²) in [6.07, 6.45) is 0. The van der Waals surface area contributed by atoms with Crippen molar-refractivity contribution < 1.29 is 4.74 Å². The highest BCUT2D eigenvalue weighted by atomic mass is 32.1. The van der Waals surface area contributed by atoms with Crippen LogP contribution in [-0.4, -0.2) is 19.2 Å². The first-order chi connectivity index (χ1) is 7.20. The van der Waals surface area contributed by atoms with E-state index >= 15 is 0 Å². The number of ether oxygens (including phenoxy) is 1. The van der Waals surface area contributed by atoms with Gasteiger partial charge in [-0.15, -0.1) is 11.3 Å². The van der Waals surface area contributed by atoms with Crippen LogP contribution >= 0.6 is 11.3 Å². The van der Waals surface area contributed by atoms with Crippen LogP contribution in [0.2, 0.25) is 0 Å². The molecule has 1 aromatic heterocycles. The van der Waals surface area contributed by atoms with E-state index in [4.69, 9.17) is 4.74 Å². The fourth-order valence-electron chi connectivity index (χ4n) is 1.16. The molecule has 1 heterocycles. The lowest BCUT2D eigenvalue weighted by atomic mass is 10.1. The summed E-state index contributed by atoms with van der Waals surface area (Å²) in [4.78, 5) is 1.30. The summed E-state index contributed by atoms with van der Waals surface area (Å²) in [7, 11) is 0. The zero-order valence-electron chi connectivity index (χ0n) is 9.82. The summed E-state index contributed by atoms with van der Waals surface area (Å²) >= 11 is 1.75. The summed E-state index contributed by atoms with van der Waals surface area (Å²) in [5.74, 6) is 0.683. The summed E-state index contributed by atoms with van der Waals surface area (Å²) in [6, 6.07) is 4.73. The third kappa shape index (κ3) is 5.30. The van der Waals surface area contributed by atoms with Gasteiger partial charge in [-0.3, -0.25) is 0 Å². The van der Waals surface area contributed by atoms with Crippen LogP contribution in [0.3, 0.4) is 0 Å². The van der Waals surface area contributed by atoms with Gasteiger partial charge < -0.3 is 10.1 Å². The standard InChI is InChI=1S/C12H21NOS/c1-10(2)11(3)13-6-7-14-9-12-5-4-8-15-12/h4-5,8,10-11,13H,6-7,9H2,1-3H3. The van der Waals surface area contributed by atoms with E-state index in [1.54, 1.807) is 11.3 Å². The number of nitrogens with one attached hydrogen (secondary N) is 1. The van der Waals surface area contributed by atoms with E-state index < -0.39 is 0 Å². The first-order valence-corrected chi connectivity index (χ1v) is 6.41. The molecule has 1 unspecified atom stereocenters. The second-order valence-electron chi connectivity index (χ2n) is 4.12. The van der Waals surface area contributed by atoms with Gasteiger partial charge in [0.05, 0.1) is 13.2 Å². The molecule has 15 heavy (non-hydrogen) atoms. The SMILES string of the molecule is CC(C)C(C)NCCOCc1cccs1. The zero-order valence-corrected chi connectivity index (χ0v) is 10.6. The highest BCUT2D eigenvalue weighted by Crippen LogP contribution is 2.09. The summed E-state index contributed by atoms with van der Waals surface area (Å²) in [6.45, 7) is 9.13. The lowest BCUT2D eigenvalue weighted by molar-refractivity contribution is 0.122. The Labute approximate surface area is 96.7 Å². The van der Waals surface area contributed by atoms with E-state index in [-0.39, 0.29) is 0 Å². The molecule has 1 atom stereocenters. The molecule has 0 fully saturated rings. The van der Waals surface area contributed by atoms with Crippen LogP contribution in [0.15, 0.2) is 17.5 Å². The largest absolute Gasteiger partial charge is 0.375 e. The lowest BCUT2D eigenvalue weighted by Gasteiger charge is -2.17. The topological polar surface area (TPSA) is 21.3 Å². The Hall–Kier alpha value is -0.380. The molecule has 1 rings (SSSR count). The summed E-state index contributed by atoms with van der Waals surface area (Å²) in [5, 5.41) is 5.52. The van der Waals surface area contributed by atoms with Crippen LogP contribution in [0.4, 0.5) is 0 Å². The van der Waals surface area contributed by atoms with E-state index in [0.29, 0.717) is 12.0 Å². The molecule has 1 aromatic rings. The van der Waals surface area contributed by atoms with Gasteiger partial charge in [0.25, 0.3) is 0 Å². The van der Waals surface area contributed by atoms with Crippen LogP contribution < -0.4 is 5.32 Å². The van der Waals surface area contributed by atoms with Gasteiger partial charge in [0.2, 0.25) is 0 Å². The van der Waals surface area contributed by atoms with Gasteiger partial charge in [-0.1, -0.05) is 19.9 Å². The van der Waals surface area contributed by atoms with Crippen molar-refractivity contribution in [3.8, 4) is 0 Å². The Morgan fingerprint density at radius 3 is 2.80 bits per heavy atom. The Morgan fingerprint density at radius 2 is 2.20 bits per heavy atom. The van der Waals surface area contributed by atoms with Crippen LogP contribution in [0.1, 0.15) is 25.6 Å². The minimum Gasteiger partial charge on any atom is -0.375 e. The van der Waals surface area contributed by atoms with Crippen molar-refractivity contribution >= 4 is 11.3 Å². The van der Waals surface area contributed by atoms with Gasteiger partial charge in [-0.05, 0) is 24.3 Å². The van der Waals surface area contributed by atoms with Crippen molar-refractivity contribution in [2.45, 2.75) is 33.4 Å². The highest BCUT2D eigenvalue weighted by Gasteiger charge is 2.04. The maximum Gasteiger partial charge on any atom is 0.0809 e. The molecule has 0 saturated carbocycles. The van der Waals surface area contributed by atoms with Crippen LogP contribution in [0.5, 0.6) is 0 Å². The summed E-state index contributed by atoms with van der Waals surface area (Å²) < 4.78 is 5.56. The molecule has 86 valence electrons. The van der Waals surface area contributed by atoms with Gasteiger partial charge in [0.15, 0.2) is 0 Å². The molecular formula is C12H21NOS. The Balaban J connectivity index is 1.98. The van der Waals surface area contributed by atoms with Gasteiger partial charge in [-0.25, -0.2) is 0 Å². The van der Waals surface area contributed by atoms with E-state index in [2.05, 4.69) is 43.6 Å². The second-order valence-corrected chi connectivity index (χ2v) is 5.15. The average Bonchev–Trinajstić information content (AvgIpc) is 2.69. The minimum atomic E-state index is 0.565. The van der Waals surface area contributed by atoms with Gasteiger partial charge in [0, 0.05) is 17.5 Å². The first-order valence-electron chi connectivity index (χ1n) is 5.53. The predicted octanol–water partition coefficient (Wildman–Crippen LogP) is 2.90. The molecule has 0 aliphatic heterocycles. The van der Waals surface area contributed by atoms with Gasteiger partial charge >= 0.3 is 0 Å². The number of thiophene rings is 1. The molecule has 3 heteroatoms. The average molecular weight is 227 g/mol. The summed E-state index contributed by atoms with van der Waals surface area (Å²) in [5.41, 5.74) is 0. The molecule has 0 amide bonds. The van der Waals surface area contributed by atoms with Crippen molar-refractivity contribution in [1.82, 2.24) is 5.32 Å². The van der Waals surface area contributed by atoms with Crippen molar-refractivity contribution in [3.63, 3.8) is 0 Å². The number of rotatable bonds is 7.